The average molecular weight is 198 g/mol. The Labute approximate surface area is 89.4 Å². The van der Waals surface area contributed by atoms with E-state index in [2.05, 4.69) is 44.6 Å². The molecular formula is C12H26N2. The molecule has 0 heterocycles. The van der Waals surface area contributed by atoms with Gasteiger partial charge in [-0.25, -0.2) is 0 Å². The van der Waals surface area contributed by atoms with Crippen LogP contribution in [0.15, 0.2) is 12.3 Å². The van der Waals surface area contributed by atoms with Crippen LogP contribution in [-0.4, -0.2) is 31.6 Å². The normalized spacial score (nSPS) is 10.6. The van der Waals surface area contributed by atoms with E-state index in [1.807, 2.05) is 0 Å². The van der Waals surface area contributed by atoms with Crippen LogP contribution in [0.4, 0.5) is 0 Å². The lowest BCUT2D eigenvalue weighted by Crippen LogP contribution is -2.22. The lowest BCUT2D eigenvalue weighted by molar-refractivity contribution is 0.418. The second-order valence-corrected chi connectivity index (χ2v) is 4.28. The van der Waals surface area contributed by atoms with Crippen molar-refractivity contribution in [3.8, 4) is 0 Å². The molecule has 0 bridgehead atoms. The highest BCUT2D eigenvalue weighted by Crippen LogP contribution is 2.05. The van der Waals surface area contributed by atoms with Gasteiger partial charge in [0.05, 0.1) is 0 Å². The van der Waals surface area contributed by atoms with Crippen molar-refractivity contribution in [2.75, 3.05) is 26.7 Å². The van der Waals surface area contributed by atoms with E-state index in [1.54, 1.807) is 0 Å². The molecule has 0 fully saturated rings. The first-order chi connectivity index (χ1) is 6.57. The molecule has 0 atom stereocenters. The Morgan fingerprint density at radius 1 is 1.43 bits per heavy atom. The summed E-state index contributed by atoms with van der Waals surface area (Å²) in [5, 5.41) is 3.44. The zero-order valence-corrected chi connectivity index (χ0v) is 10.3. The monoisotopic (exact) mass is 198 g/mol. The van der Waals surface area contributed by atoms with E-state index in [0.29, 0.717) is 0 Å². The van der Waals surface area contributed by atoms with Gasteiger partial charge in [-0.3, -0.25) is 0 Å². The molecule has 0 aliphatic rings. The van der Waals surface area contributed by atoms with Crippen LogP contribution in [-0.2, 0) is 0 Å². The first-order valence-electron chi connectivity index (χ1n) is 5.67. The zero-order chi connectivity index (χ0) is 11.0. The number of nitrogens with one attached hydrogen (secondary N) is 1. The van der Waals surface area contributed by atoms with Crippen molar-refractivity contribution in [1.29, 1.82) is 0 Å². The van der Waals surface area contributed by atoms with Gasteiger partial charge in [0.2, 0.25) is 0 Å². The molecule has 1 N–H and O–H groups in total. The molecule has 0 radical (unpaired) electrons. The maximum atomic E-state index is 4.06. The zero-order valence-electron chi connectivity index (χ0n) is 10.3. The molecule has 2 nitrogen and oxygen atoms in total. The molecule has 0 aromatic carbocycles. The van der Waals surface area contributed by atoms with E-state index in [1.165, 1.54) is 12.1 Å². The molecule has 0 aliphatic heterocycles. The van der Waals surface area contributed by atoms with Crippen LogP contribution in [0.2, 0.25) is 0 Å². The van der Waals surface area contributed by atoms with Gasteiger partial charge in [0, 0.05) is 19.3 Å². The van der Waals surface area contributed by atoms with Crippen molar-refractivity contribution in [3.63, 3.8) is 0 Å². The summed E-state index contributed by atoms with van der Waals surface area (Å²) in [7, 11) is 2.10. The van der Waals surface area contributed by atoms with Gasteiger partial charge in [-0.2, -0.15) is 0 Å². The van der Waals surface area contributed by atoms with Gasteiger partial charge in [0.1, 0.15) is 0 Å². The molecule has 0 aliphatic carbocycles. The van der Waals surface area contributed by atoms with Crippen LogP contribution in [0.25, 0.3) is 0 Å². The molecule has 0 saturated heterocycles. The fourth-order valence-corrected chi connectivity index (χ4v) is 1.22. The van der Waals surface area contributed by atoms with Gasteiger partial charge in [-0.1, -0.05) is 20.4 Å². The summed E-state index contributed by atoms with van der Waals surface area (Å²) in [6.45, 7) is 14.0. The van der Waals surface area contributed by atoms with Gasteiger partial charge in [-0.05, 0) is 38.8 Å². The third kappa shape index (κ3) is 6.96. The fraction of sp³-hybridized carbons (Fsp3) is 0.833. The topological polar surface area (TPSA) is 15.3 Å². The minimum absolute atomic E-state index is 0.747. The Balaban J connectivity index is 3.32. The summed E-state index contributed by atoms with van der Waals surface area (Å²) in [4.78, 5) is 2.21. The number of hydrogen-bond donors (Lipinski definition) is 1. The van der Waals surface area contributed by atoms with Crippen LogP contribution in [0.1, 0.15) is 33.6 Å². The van der Waals surface area contributed by atoms with Crippen molar-refractivity contribution < 1.29 is 0 Å². The fourth-order valence-electron chi connectivity index (χ4n) is 1.22. The van der Waals surface area contributed by atoms with Gasteiger partial charge in [0.25, 0.3) is 0 Å². The molecule has 84 valence electrons. The minimum atomic E-state index is 0.747. The Hall–Kier alpha value is -0.500. The highest BCUT2D eigenvalue weighted by atomic mass is 15.1. The summed E-state index contributed by atoms with van der Waals surface area (Å²) < 4.78 is 0. The highest BCUT2D eigenvalue weighted by Gasteiger charge is 1.99. The molecule has 2 heteroatoms. The van der Waals surface area contributed by atoms with E-state index >= 15 is 0 Å². The number of nitrogens with zero attached hydrogens (tertiary/aromatic N) is 1. The van der Waals surface area contributed by atoms with E-state index in [4.69, 9.17) is 0 Å². The smallest absolute Gasteiger partial charge is 0.0143 e. The summed E-state index contributed by atoms with van der Waals surface area (Å²) in [6, 6.07) is 0. The van der Waals surface area contributed by atoms with Crippen molar-refractivity contribution >= 4 is 0 Å². The SMILES string of the molecule is C=C(CCCNCC(C)C)N(C)CC. The molecular weight excluding hydrogens is 172 g/mol. The summed E-state index contributed by atoms with van der Waals surface area (Å²) in [5.41, 5.74) is 1.25. The molecule has 0 unspecified atom stereocenters. The lowest BCUT2D eigenvalue weighted by atomic mass is 10.2. The van der Waals surface area contributed by atoms with Gasteiger partial charge in [0.15, 0.2) is 0 Å². The van der Waals surface area contributed by atoms with Gasteiger partial charge in [-0.15, -0.1) is 0 Å². The second kappa shape index (κ2) is 7.86. The Bertz CT molecular complexity index is 152. The second-order valence-electron chi connectivity index (χ2n) is 4.28. The molecule has 0 saturated carbocycles. The number of rotatable bonds is 8. The third-order valence-corrected chi connectivity index (χ3v) is 2.39. The molecule has 0 rings (SSSR count). The van der Waals surface area contributed by atoms with Crippen LogP contribution < -0.4 is 5.32 Å². The first kappa shape index (κ1) is 13.5. The predicted octanol–water partition coefficient (Wildman–Crippen LogP) is 2.48. The summed E-state index contributed by atoms with van der Waals surface area (Å²) in [6.07, 6.45) is 2.30. The van der Waals surface area contributed by atoms with E-state index in [0.717, 1.165) is 32.0 Å². The average Bonchev–Trinajstić information content (AvgIpc) is 2.15. The van der Waals surface area contributed by atoms with Crippen molar-refractivity contribution in [3.05, 3.63) is 12.3 Å². The van der Waals surface area contributed by atoms with Gasteiger partial charge < -0.3 is 10.2 Å². The number of allylic oxidation sites excluding steroid dienone is 1. The maximum absolute atomic E-state index is 4.06. The molecule has 0 aromatic heterocycles. The maximum Gasteiger partial charge on any atom is 0.0143 e. The van der Waals surface area contributed by atoms with E-state index in [-0.39, 0.29) is 0 Å². The van der Waals surface area contributed by atoms with Crippen molar-refractivity contribution in [1.82, 2.24) is 10.2 Å². The van der Waals surface area contributed by atoms with Crippen molar-refractivity contribution in [2.45, 2.75) is 33.6 Å². The lowest BCUT2D eigenvalue weighted by Gasteiger charge is -2.19. The van der Waals surface area contributed by atoms with Crippen LogP contribution >= 0.6 is 0 Å². The van der Waals surface area contributed by atoms with Crippen LogP contribution in [0.5, 0.6) is 0 Å². The quantitative estimate of drug-likeness (QED) is 0.603. The van der Waals surface area contributed by atoms with Crippen LogP contribution in [0.3, 0.4) is 0 Å². The molecule has 0 spiro atoms. The first-order valence-corrected chi connectivity index (χ1v) is 5.67. The molecule has 14 heavy (non-hydrogen) atoms. The summed E-state index contributed by atoms with van der Waals surface area (Å²) >= 11 is 0. The largest absolute Gasteiger partial charge is 0.379 e. The Morgan fingerprint density at radius 3 is 2.57 bits per heavy atom. The molecule has 0 amide bonds. The Kier molecular flexibility index (Phi) is 7.58. The predicted molar refractivity (Wildman–Crippen MR) is 64.4 cm³/mol. The number of hydrogen-bond acceptors (Lipinski definition) is 2. The Morgan fingerprint density at radius 2 is 2.07 bits per heavy atom. The van der Waals surface area contributed by atoms with E-state index < -0.39 is 0 Å². The molecule has 0 aromatic rings. The minimum Gasteiger partial charge on any atom is -0.379 e. The third-order valence-electron chi connectivity index (χ3n) is 2.39. The highest BCUT2D eigenvalue weighted by molar-refractivity contribution is 4.91. The van der Waals surface area contributed by atoms with Crippen molar-refractivity contribution in [2.24, 2.45) is 5.92 Å². The van der Waals surface area contributed by atoms with Crippen LogP contribution in [0, 0.1) is 5.92 Å². The van der Waals surface area contributed by atoms with Gasteiger partial charge >= 0.3 is 0 Å². The van der Waals surface area contributed by atoms with E-state index in [9.17, 15) is 0 Å². The standard InChI is InChI=1S/C12H26N2/c1-6-14(5)12(4)8-7-9-13-10-11(2)3/h11,13H,4,6-10H2,1-3,5H3. The summed E-state index contributed by atoms with van der Waals surface area (Å²) in [5.74, 6) is 0.747.